The summed E-state index contributed by atoms with van der Waals surface area (Å²) < 4.78 is 4.26. The highest BCUT2D eigenvalue weighted by Gasteiger charge is 2.15. The Morgan fingerprint density at radius 2 is 1.79 bits per heavy atom. The Morgan fingerprint density at radius 1 is 1.21 bits per heavy atom. The van der Waals surface area contributed by atoms with E-state index in [1.165, 1.54) is 24.3 Å². The minimum absolute atomic E-state index is 0.211. The van der Waals surface area contributed by atoms with E-state index in [-0.39, 0.29) is 5.56 Å². The van der Waals surface area contributed by atoms with Gasteiger partial charge in [0.2, 0.25) is 0 Å². The summed E-state index contributed by atoms with van der Waals surface area (Å²) in [5.74, 6) is -1.63. The van der Waals surface area contributed by atoms with Gasteiger partial charge in [0, 0.05) is 11.1 Å². The summed E-state index contributed by atoms with van der Waals surface area (Å²) in [6.45, 7) is 0. The third-order valence-electron chi connectivity index (χ3n) is 1.68. The molecule has 1 aromatic rings. The molecule has 0 N–H and O–H groups in total. The number of ketones is 1. The van der Waals surface area contributed by atoms with Crippen LogP contribution in [0.15, 0.2) is 24.3 Å². The number of benzene rings is 1. The first kappa shape index (κ1) is 10.1. The highest BCUT2D eigenvalue weighted by atomic mass is 16.5. The van der Waals surface area contributed by atoms with Gasteiger partial charge in [0.1, 0.15) is 6.29 Å². The zero-order valence-corrected chi connectivity index (χ0v) is 7.52. The Labute approximate surface area is 80.5 Å². The van der Waals surface area contributed by atoms with Crippen LogP contribution >= 0.6 is 0 Å². The monoisotopic (exact) mass is 192 g/mol. The van der Waals surface area contributed by atoms with E-state index in [9.17, 15) is 14.4 Å². The van der Waals surface area contributed by atoms with Gasteiger partial charge in [-0.3, -0.25) is 9.59 Å². The summed E-state index contributed by atoms with van der Waals surface area (Å²) in [6, 6.07) is 5.73. The van der Waals surface area contributed by atoms with E-state index in [0.29, 0.717) is 11.8 Å². The molecule has 0 fully saturated rings. The smallest absolute Gasteiger partial charge is 0.379 e. The lowest BCUT2D eigenvalue weighted by atomic mass is 10.1. The van der Waals surface area contributed by atoms with Crippen molar-refractivity contribution < 1.29 is 19.1 Å². The number of esters is 1. The molecule has 4 heteroatoms. The van der Waals surface area contributed by atoms with Crippen molar-refractivity contribution in [3.63, 3.8) is 0 Å². The zero-order chi connectivity index (χ0) is 10.6. The molecule has 72 valence electrons. The second-order valence-corrected chi connectivity index (χ2v) is 2.56. The number of hydrogen-bond donors (Lipinski definition) is 0. The van der Waals surface area contributed by atoms with E-state index in [0.717, 1.165) is 7.11 Å². The first-order chi connectivity index (χ1) is 6.69. The second-order valence-electron chi connectivity index (χ2n) is 2.56. The number of ether oxygens (including phenoxy) is 1. The minimum atomic E-state index is -0.913. The molecule has 1 aromatic carbocycles. The van der Waals surface area contributed by atoms with Crippen LogP contribution in [-0.2, 0) is 9.53 Å². The topological polar surface area (TPSA) is 60.4 Å². The van der Waals surface area contributed by atoms with Gasteiger partial charge in [0.15, 0.2) is 0 Å². The number of carbonyl (C=O) groups excluding carboxylic acids is 3. The molecular weight excluding hydrogens is 184 g/mol. The van der Waals surface area contributed by atoms with E-state index < -0.39 is 11.8 Å². The third-order valence-corrected chi connectivity index (χ3v) is 1.68. The van der Waals surface area contributed by atoms with Gasteiger partial charge in [-0.05, 0) is 0 Å². The summed E-state index contributed by atoms with van der Waals surface area (Å²) in [4.78, 5) is 32.3. The maximum atomic E-state index is 11.2. The van der Waals surface area contributed by atoms with Crippen molar-refractivity contribution in [1.82, 2.24) is 0 Å². The van der Waals surface area contributed by atoms with Crippen LogP contribution in [0.2, 0.25) is 0 Å². The summed E-state index contributed by atoms with van der Waals surface area (Å²) in [7, 11) is 1.14. The number of Topliss-reactive ketones (excluding diaryl/α,β-unsaturated/α-hetero) is 1. The lowest BCUT2D eigenvalue weighted by molar-refractivity contribution is -0.135. The molecular formula is C10H8O4. The van der Waals surface area contributed by atoms with Crippen molar-refractivity contribution in [3.05, 3.63) is 35.4 Å². The maximum Gasteiger partial charge on any atom is 0.379 e. The molecule has 0 bridgehead atoms. The Morgan fingerprint density at radius 3 is 2.21 bits per heavy atom. The molecule has 0 atom stereocenters. The second kappa shape index (κ2) is 4.32. The fourth-order valence-electron chi connectivity index (χ4n) is 0.924. The summed E-state index contributed by atoms with van der Waals surface area (Å²) >= 11 is 0. The van der Waals surface area contributed by atoms with Crippen molar-refractivity contribution in [2.45, 2.75) is 0 Å². The van der Waals surface area contributed by atoms with Crippen LogP contribution < -0.4 is 0 Å². The van der Waals surface area contributed by atoms with E-state index in [1.807, 2.05) is 0 Å². The maximum absolute atomic E-state index is 11.2. The molecule has 4 nitrogen and oxygen atoms in total. The van der Waals surface area contributed by atoms with E-state index in [1.54, 1.807) is 0 Å². The van der Waals surface area contributed by atoms with Gasteiger partial charge < -0.3 is 4.74 Å². The predicted octanol–water partition coefficient (Wildman–Crippen LogP) is 0.855. The van der Waals surface area contributed by atoms with Gasteiger partial charge in [0.25, 0.3) is 5.78 Å². The van der Waals surface area contributed by atoms with Crippen LogP contribution in [0, 0.1) is 0 Å². The number of carbonyl (C=O) groups is 3. The lowest BCUT2D eigenvalue weighted by Gasteiger charge is -1.98. The van der Waals surface area contributed by atoms with Gasteiger partial charge in [-0.15, -0.1) is 0 Å². The molecule has 0 aliphatic carbocycles. The van der Waals surface area contributed by atoms with Crippen molar-refractivity contribution in [3.8, 4) is 0 Å². The van der Waals surface area contributed by atoms with Gasteiger partial charge in [-0.1, -0.05) is 24.3 Å². The number of hydrogen-bond acceptors (Lipinski definition) is 4. The molecule has 0 heterocycles. The summed E-state index contributed by atoms with van der Waals surface area (Å²) in [5, 5.41) is 0. The van der Waals surface area contributed by atoms with Gasteiger partial charge in [-0.2, -0.15) is 0 Å². The van der Waals surface area contributed by atoms with Crippen molar-refractivity contribution >= 4 is 18.0 Å². The predicted molar refractivity (Wildman–Crippen MR) is 48.2 cm³/mol. The first-order valence-electron chi connectivity index (χ1n) is 3.87. The average Bonchev–Trinajstić information content (AvgIpc) is 2.27. The summed E-state index contributed by atoms with van der Waals surface area (Å²) in [5.41, 5.74) is 0.661. The molecule has 0 saturated carbocycles. The normalized spacial score (nSPS) is 9.21. The van der Waals surface area contributed by atoms with Gasteiger partial charge in [-0.25, -0.2) is 4.79 Å². The quantitative estimate of drug-likeness (QED) is 0.308. The van der Waals surface area contributed by atoms with E-state index >= 15 is 0 Å². The number of aldehydes is 1. The SMILES string of the molecule is COC(=O)C(=O)c1ccc(C=O)cc1. The van der Waals surface area contributed by atoms with Crippen LogP contribution in [0.4, 0.5) is 0 Å². The Hall–Kier alpha value is -1.97. The summed E-state index contributed by atoms with van der Waals surface area (Å²) in [6.07, 6.45) is 0.659. The number of methoxy groups -OCH3 is 1. The molecule has 0 spiro atoms. The van der Waals surface area contributed by atoms with Crippen molar-refractivity contribution in [1.29, 1.82) is 0 Å². The molecule has 0 radical (unpaired) electrons. The molecule has 1 rings (SSSR count). The van der Waals surface area contributed by atoms with Gasteiger partial charge >= 0.3 is 5.97 Å². The Balaban J connectivity index is 2.92. The standard InChI is InChI=1S/C10H8O4/c1-14-10(13)9(12)8-4-2-7(6-11)3-5-8/h2-6H,1H3. The van der Waals surface area contributed by atoms with E-state index in [2.05, 4.69) is 4.74 Å². The first-order valence-corrected chi connectivity index (χ1v) is 3.87. The van der Waals surface area contributed by atoms with Crippen LogP contribution in [0.25, 0.3) is 0 Å². The fourth-order valence-corrected chi connectivity index (χ4v) is 0.924. The fraction of sp³-hybridized carbons (Fsp3) is 0.100. The molecule has 0 aliphatic heterocycles. The molecule has 0 aliphatic rings. The Kier molecular flexibility index (Phi) is 3.12. The molecule has 0 saturated heterocycles. The van der Waals surface area contributed by atoms with Crippen molar-refractivity contribution in [2.75, 3.05) is 7.11 Å². The third kappa shape index (κ3) is 2.04. The van der Waals surface area contributed by atoms with Crippen LogP contribution in [0.1, 0.15) is 20.7 Å². The minimum Gasteiger partial charge on any atom is -0.463 e. The van der Waals surface area contributed by atoms with Crippen LogP contribution in [-0.4, -0.2) is 25.1 Å². The number of rotatable bonds is 3. The van der Waals surface area contributed by atoms with Crippen LogP contribution in [0.5, 0.6) is 0 Å². The zero-order valence-electron chi connectivity index (χ0n) is 7.52. The van der Waals surface area contributed by atoms with Gasteiger partial charge in [0.05, 0.1) is 7.11 Å². The van der Waals surface area contributed by atoms with Crippen molar-refractivity contribution in [2.24, 2.45) is 0 Å². The molecule has 0 aromatic heterocycles. The lowest BCUT2D eigenvalue weighted by Crippen LogP contribution is -2.15. The Bertz CT molecular complexity index is 364. The largest absolute Gasteiger partial charge is 0.463 e. The highest BCUT2D eigenvalue weighted by molar-refractivity contribution is 6.40. The average molecular weight is 192 g/mol. The highest BCUT2D eigenvalue weighted by Crippen LogP contribution is 2.04. The van der Waals surface area contributed by atoms with E-state index in [4.69, 9.17) is 0 Å². The molecule has 14 heavy (non-hydrogen) atoms. The molecule has 0 amide bonds. The molecule has 0 unspecified atom stereocenters. The van der Waals surface area contributed by atoms with Crippen LogP contribution in [0.3, 0.4) is 0 Å².